The Hall–Kier alpha value is -2.66. The Labute approximate surface area is 170 Å². The number of nitriles is 1. The lowest BCUT2D eigenvalue weighted by Gasteiger charge is -2.22. The highest BCUT2D eigenvalue weighted by Gasteiger charge is 2.21. The number of rotatable bonds is 11. The van der Waals surface area contributed by atoms with E-state index >= 15 is 0 Å². The van der Waals surface area contributed by atoms with E-state index in [-0.39, 0.29) is 5.57 Å². The van der Waals surface area contributed by atoms with Gasteiger partial charge in [0, 0.05) is 30.7 Å². The molecule has 0 saturated heterocycles. The number of carboxylic acids is 1. The molecule has 152 valence electrons. The zero-order chi connectivity index (χ0) is 21.1. The SMILES string of the molecule is CCN(CC)c1ccc(N/C=C(/C#N)C(=O)NC(CCSC)C(=O)O)c(C)c1. The summed E-state index contributed by atoms with van der Waals surface area (Å²) in [6.45, 7) is 7.94. The average Bonchev–Trinajstić information content (AvgIpc) is 2.67. The third-order valence-electron chi connectivity index (χ3n) is 4.29. The van der Waals surface area contributed by atoms with Crippen molar-refractivity contribution in [1.29, 1.82) is 5.26 Å². The molecule has 1 aromatic carbocycles. The summed E-state index contributed by atoms with van der Waals surface area (Å²) in [7, 11) is 0. The molecule has 1 amide bonds. The van der Waals surface area contributed by atoms with Crippen LogP contribution in [0.25, 0.3) is 0 Å². The van der Waals surface area contributed by atoms with Crippen LogP contribution in [0.1, 0.15) is 25.8 Å². The summed E-state index contributed by atoms with van der Waals surface area (Å²) in [4.78, 5) is 25.8. The van der Waals surface area contributed by atoms with Crippen molar-refractivity contribution in [1.82, 2.24) is 5.32 Å². The quantitative estimate of drug-likeness (QED) is 0.384. The summed E-state index contributed by atoms with van der Waals surface area (Å²) in [5, 5.41) is 23.9. The number of hydrogen-bond acceptors (Lipinski definition) is 6. The number of aliphatic carboxylic acids is 1. The fourth-order valence-electron chi connectivity index (χ4n) is 2.62. The topological polar surface area (TPSA) is 105 Å². The number of nitrogens with one attached hydrogen (secondary N) is 2. The molecule has 7 nitrogen and oxygen atoms in total. The van der Waals surface area contributed by atoms with Crippen LogP contribution in [-0.4, -0.2) is 48.1 Å². The number of carboxylic acid groups (broad SMARTS) is 1. The summed E-state index contributed by atoms with van der Waals surface area (Å²) in [5.41, 5.74) is 2.67. The second-order valence-corrected chi connectivity index (χ2v) is 7.12. The molecule has 0 radical (unpaired) electrons. The van der Waals surface area contributed by atoms with Crippen LogP contribution in [0.3, 0.4) is 0 Å². The molecular weight excluding hydrogens is 376 g/mol. The number of hydrogen-bond donors (Lipinski definition) is 3. The minimum absolute atomic E-state index is 0.178. The number of thioether (sulfide) groups is 1. The molecule has 0 fully saturated rings. The molecule has 0 aliphatic carbocycles. The Morgan fingerprint density at radius 1 is 1.36 bits per heavy atom. The maximum atomic E-state index is 12.3. The zero-order valence-electron chi connectivity index (χ0n) is 16.8. The highest BCUT2D eigenvalue weighted by atomic mass is 32.2. The van der Waals surface area contributed by atoms with E-state index in [1.807, 2.05) is 37.4 Å². The van der Waals surface area contributed by atoms with Gasteiger partial charge in [-0.2, -0.15) is 17.0 Å². The molecule has 0 saturated carbocycles. The third-order valence-corrected chi connectivity index (χ3v) is 4.93. The molecule has 1 aromatic rings. The monoisotopic (exact) mass is 404 g/mol. The smallest absolute Gasteiger partial charge is 0.326 e. The van der Waals surface area contributed by atoms with Crippen LogP contribution >= 0.6 is 11.8 Å². The molecular formula is C20H28N4O3S. The van der Waals surface area contributed by atoms with Gasteiger partial charge in [-0.25, -0.2) is 4.79 Å². The van der Waals surface area contributed by atoms with Crippen LogP contribution in [0.5, 0.6) is 0 Å². The van der Waals surface area contributed by atoms with Crippen molar-refractivity contribution >= 4 is 35.0 Å². The number of anilines is 2. The van der Waals surface area contributed by atoms with E-state index in [2.05, 4.69) is 29.4 Å². The van der Waals surface area contributed by atoms with Gasteiger partial charge in [0.1, 0.15) is 17.7 Å². The second kappa shape index (κ2) is 11.9. The Kier molecular flexibility index (Phi) is 9.96. The molecule has 8 heteroatoms. The predicted molar refractivity (Wildman–Crippen MR) is 115 cm³/mol. The van der Waals surface area contributed by atoms with Gasteiger partial charge in [-0.05, 0) is 63.0 Å². The van der Waals surface area contributed by atoms with Gasteiger partial charge in [0.05, 0.1) is 0 Å². The second-order valence-electron chi connectivity index (χ2n) is 6.13. The number of aryl methyl sites for hydroxylation is 1. The molecule has 28 heavy (non-hydrogen) atoms. The van der Waals surface area contributed by atoms with Gasteiger partial charge in [-0.15, -0.1) is 0 Å². The number of carbonyl (C=O) groups is 2. The standard InChI is InChI=1S/C20H28N4O3S/c1-5-24(6-2)16-7-8-17(14(3)11-16)22-13-15(12-21)19(25)23-18(20(26)27)9-10-28-4/h7-8,11,13,18,22H,5-6,9-10H2,1-4H3,(H,23,25)(H,26,27)/b15-13-. The molecule has 1 rings (SSSR count). The summed E-state index contributed by atoms with van der Waals surface area (Å²) < 4.78 is 0. The van der Waals surface area contributed by atoms with Crippen molar-refractivity contribution in [3.05, 3.63) is 35.5 Å². The van der Waals surface area contributed by atoms with Crippen LogP contribution in [0.2, 0.25) is 0 Å². The first kappa shape index (κ1) is 23.4. The number of benzene rings is 1. The van der Waals surface area contributed by atoms with Gasteiger partial charge >= 0.3 is 5.97 Å². The molecule has 0 heterocycles. The fraction of sp³-hybridized carbons (Fsp3) is 0.450. The molecule has 3 N–H and O–H groups in total. The molecule has 1 unspecified atom stereocenters. The predicted octanol–water partition coefficient (Wildman–Crippen LogP) is 2.98. The maximum Gasteiger partial charge on any atom is 0.326 e. The van der Waals surface area contributed by atoms with E-state index in [1.54, 1.807) is 0 Å². The Balaban J connectivity index is 2.89. The number of amides is 1. The van der Waals surface area contributed by atoms with Crippen LogP contribution < -0.4 is 15.5 Å². The molecule has 0 aliphatic heterocycles. The highest BCUT2D eigenvalue weighted by Crippen LogP contribution is 2.22. The first-order valence-electron chi connectivity index (χ1n) is 9.12. The van der Waals surface area contributed by atoms with Crippen molar-refractivity contribution in [2.24, 2.45) is 0 Å². The van der Waals surface area contributed by atoms with Crippen molar-refractivity contribution in [3.63, 3.8) is 0 Å². The summed E-state index contributed by atoms with van der Waals surface area (Å²) in [5.74, 6) is -1.23. The normalized spacial score (nSPS) is 12.0. The minimum atomic E-state index is -1.12. The Morgan fingerprint density at radius 2 is 2.04 bits per heavy atom. The first-order chi connectivity index (χ1) is 13.4. The van der Waals surface area contributed by atoms with E-state index < -0.39 is 17.9 Å². The van der Waals surface area contributed by atoms with Gasteiger partial charge in [0.25, 0.3) is 5.91 Å². The largest absolute Gasteiger partial charge is 0.480 e. The number of carbonyl (C=O) groups excluding carboxylic acids is 1. The van der Waals surface area contributed by atoms with Gasteiger partial charge in [0.2, 0.25) is 0 Å². The van der Waals surface area contributed by atoms with Crippen molar-refractivity contribution < 1.29 is 14.7 Å². The van der Waals surface area contributed by atoms with E-state index in [4.69, 9.17) is 0 Å². The van der Waals surface area contributed by atoms with Crippen LogP contribution in [0.15, 0.2) is 30.0 Å². The lowest BCUT2D eigenvalue weighted by Crippen LogP contribution is -2.41. The van der Waals surface area contributed by atoms with Gasteiger partial charge in [-0.3, -0.25) is 4.79 Å². The van der Waals surface area contributed by atoms with E-state index in [1.165, 1.54) is 18.0 Å². The van der Waals surface area contributed by atoms with Crippen molar-refractivity contribution in [2.75, 3.05) is 35.3 Å². The zero-order valence-corrected chi connectivity index (χ0v) is 17.6. The van der Waals surface area contributed by atoms with Gasteiger partial charge in [-0.1, -0.05) is 0 Å². The maximum absolute atomic E-state index is 12.3. The van der Waals surface area contributed by atoms with E-state index in [9.17, 15) is 20.0 Å². The van der Waals surface area contributed by atoms with Crippen molar-refractivity contribution in [2.45, 2.75) is 33.2 Å². The third kappa shape index (κ3) is 6.82. The average molecular weight is 405 g/mol. The number of nitrogens with zero attached hydrogens (tertiary/aromatic N) is 2. The minimum Gasteiger partial charge on any atom is -0.480 e. The summed E-state index contributed by atoms with van der Waals surface area (Å²) >= 11 is 1.49. The molecule has 1 atom stereocenters. The summed E-state index contributed by atoms with van der Waals surface area (Å²) in [6.07, 6.45) is 3.46. The van der Waals surface area contributed by atoms with Crippen LogP contribution in [0.4, 0.5) is 11.4 Å². The molecule has 0 bridgehead atoms. The van der Waals surface area contributed by atoms with Crippen LogP contribution in [0, 0.1) is 18.3 Å². The first-order valence-corrected chi connectivity index (χ1v) is 10.5. The van der Waals surface area contributed by atoms with E-state index in [0.29, 0.717) is 12.2 Å². The van der Waals surface area contributed by atoms with E-state index in [0.717, 1.165) is 30.0 Å². The molecule has 0 aliphatic rings. The van der Waals surface area contributed by atoms with Crippen molar-refractivity contribution in [3.8, 4) is 6.07 Å². The molecule has 0 spiro atoms. The lowest BCUT2D eigenvalue weighted by atomic mass is 10.1. The summed E-state index contributed by atoms with van der Waals surface area (Å²) in [6, 6.07) is 6.71. The molecule has 0 aromatic heterocycles. The Bertz CT molecular complexity index is 754. The van der Waals surface area contributed by atoms with Crippen LogP contribution in [-0.2, 0) is 9.59 Å². The van der Waals surface area contributed by atoms with Gasteiger partial charge in [0.15, 0.2) is 0 Å². The fourth-order valence-corrected chi connectivity index (χ4v) is 3.09. The Morgan fingerprint density at radius 3 is 2.54 bits per heavy atom. The van der Waals surface area contributed by atoms with Gasteiger partial charge < -0.3 is 20.6 Å². The lowest BCUT2D eigenvalue weighted by molar-refractivity contribution is -0.141. The highest BCUT2D eigenvalue weighted by molar-refractivity contribution is 7.98.